The van der Waals surface area contributed by atoms with Gasteiger partial charge in [0.05, 0.1) is 5.41 Å². The van der Waals surface area contributed by atoms with Gasteiger partial charge in [-0.1, -0.05) is 55.0 Å². The van der Waals surface area contributed by atoms with Crippen LogP contribution in [-0.2, 0) is 14.3 Å². The number of rotatable bonds is 6. The standard InChI is InChI=1S/C28H32N2O5/c1-27(2,14-24(31)30-15-18-8-7-13-28(18,17-30)25(32)33)29-26(34)35-16-23-21-11-5-3-9-19(21)20-10-4-6-12-22(20)23/h3-6,9-12,18,23H,7-8,13-17H2,1-2H3,(H,29,34)(H,32,33)/t18-,28-/m0/s1. The zero-order chi connectivity index (χ0) is 24.8. The number of carbonyl (C=O) groups is 3. The smallest absolute Gasteiger partial charge is 0.407 e. The largest absolute Gasteiger partial charge is 0.481 e. The Kier molecular flexibility index (Phi) is 5.82. The number of carbonyl (C=O) groups excluding carboxylic acids is 2. The number of carboxylic acid groups (broad SMARTS) is 1. The molecule has 1 saturated heterocycles. The molecule has 35 heavy (non-hydrogen) atoms. The van der Waals surface area contributed by atoms with Crippen LogP contribution in [0.4, 0.5) is 4.79 Å². The molecule has 2 atom stereocenters. The lowest BCUT2D eigenvalue weighted by molar-refractivity contribution is -0.149. The van der Waals surface area contributed by atoms with E-state index in [9.17, 15) is 19.5 Å². The Balaban J connectivity index is 1.18. The molecule has 2 aromatic rings. The molecule has 0 aromatic heterocycles. The maximum atomic E-state index is 13.0. The number of hydrogen-bond donors (Lipinski definition) is 2. The summed E-state index contributed by atoms with van der Waals surface area (Å²) >= 11 is 0. The lowest BCUT2D eigenvalue weighted by Crippen LogP contribution is -2.48. The van der Waals surface area contributed by atoms with Gasteiger partial charge in [-0.25, -0.2) is 4.79 Å². The van der Waals surface area contributed by atoms with E-state index in [0.717, 1.165) is 35.1 Å². The van der Waals surface area contributed by atoms with Crippen LogP contribution in [0, 0.1) is 11.3 Å². The maximum Gasteiger partial charge on any atom is 0.407 e. The van der Waals surface area contributed by atoms with E-state index >= 15 is 0 Å². The molecule has 7 heteroatoms. The van der Waals surface area contributed by atoms with Crippen molar-refractivity contribution < 1.29 is 24.2 Å². The third-order valence-corrected chi connectivity index (χ3v) is 8.03. The van der Waals surface area contributed by atoms with Crippen LogP contribution in [0.15, 0.2) is 48.5 Å². The molecule has 0 spiro atoms. The van der Waals surface area contributed by atoms with Gasteiger partial charge in [0.25, 0.3) is 0 Å². The molecule has 1 aliphatic heterocycles. The fourth-order valence-corrected chi connectivity index (χ4v) is 6.27. The van der Waals surface area contributed by atoms with Gasteiger partial charge < -0.3 is 20.1 Å². The molecule has 1 heterocycles. The van der Waals surface area contributed by atoms with Crippen molar-refractivity contribution in [3.63, 3.8) is 0 Å². The van der Waals surface area contributed by atoms with Crippen molar-refractivity contribution in [3.05, 3.63) is 59.7 Å². The van der Waals surface area contributed by atoms with Gasteiger partial charge in [0.1, 0.15) is 6.61 Å². The van der Waals surface area contributed by atoms with Crippen LogP contribution in [0.3, 0.4) is 0 Å². The number of hydrogen-bond acceptors (Lipinski definition) is 4. The first-order chi connectivity index (χ1) is 16.7. The monoisotopic (exact) mass is 476 g/mol. The van der Waals surface area contributed by atoms with Crippen LogP contribution in [0.25, 0.3) is 11.1 Å². The van der Waals surface area contributed by atoms with Gasteiger partial charge in [-0.05, 0) is 54.9 Å². The van der Waals surface area contributed by atoms with E-state index in [2.05, 4.69) is 29.6 Å². The van der Waals surface area contributed by atoms with Gasteiger partial charge >= 0.3 is 12.1 Å². The lowest BCUT2D eigenvalue weighted by Gasteiger charge is -2.29. The fraction of sp³-hybridized carbons (Fsp3) is 0.464. The third kappa shape index (κ3) is 4.17. The summed E-state index contributed by atoms with van der Waals surface area (Å²) in [4.78, 5) is 39.3. The molecule has 2 aromatic carbocycles. The molecular formula is C28H32N2O5. The van der Waals surface area contributed by atoms with Crippen molar-refractivity contribution in [2.45, 2.75) is 51.0 Å². The molecule has 2 aliphatic carbocycles. The highest BCUT2D eigenvalue weighted by Gasteiger charge is 2.55. The molecule has 0 bridgehead atoms. The normalized spacial score (nSPS) is 22.9. The molecule has 184 valence electrons. The molecule has 0 unspecified atom stereocenters. The first-order valence-electron chi connectivity index (χ1n) is 12.3. The lowest BCUT2D eigenvalue weighted by atomic mass is 9.81. The predicted octanol–water partition coefficient (Wildman–Crippen LogP) is 4.41. The van der Waals surface area contributed by atoms with Gasteiger partial charge in [0, 0.05) is 31.0 Å². The molecule has 5 rings (SSSR count). The van der Waals surface area contributed by atoms with Gasteiger partial charge in [0.15, 0.2) is 0 Å². The summed E-state index contributed by atoms with van der Waals surface area (Å²) in [6, 6.07) is 16.3. The zero-order valence-corrected chi connectivity index (χ0v) is 20.3. The highest BCUT2D eigenvalue weighted by molar-refractivity contribution is 5.83. The van der Waals surface area contributed by atoms with Crippen LogP contribution in [0.5, 0.6) is 0 Å². The van der Waals surface area contributed by atoms with Crippen LogP contribution in [0.1, 0.15) is 56.6 Å². The van der Waals surface area contributed by atoms with Crippen molar-refractivity contribution in [3.8, 4) is 11.1 Å². The average Bonchev–Trinajstić information content (AvgIpc) is 3.47. The summed E-state index contributed by atoms with van der Waals surface area (Å²) in [6.45, 7) is 4.52. The van der Waals surface area contributed by atoms with Crippen molar-refractivity contribution in [1.82, 2.24) is 10.2 Å². The van der Waals surface area contributed by atoms with Crippen molar-refractivity contribution in [2.24, 2.45) is 11.3 Å². The van der Waals surface area contributed by atoms with Crippen LogP contribution < -0.4 is 5.32 Å². The third-order valence-electron chi connectivity index (χ3n) is 8.03. The Morgan fingerprint density at radius 3 is 2.31 bits per heavy atom. The number of aliphatic carboxylic acids is 1. The van der Waals surface area contributed by atoms with Crippen molar-refractivity contribution in [1.29, 1.82) is 0 Å². The van der Waals surface area contributed by atoms with Gasteiger partial charge in [-0.15, -0.1) is 0 Å². The topological polar surface area (TPSA) is 95.9 Å². The number of likely N-dealkylation sites (tertiary alicyclic amines) is 1. The van der Waals surface area contributed by atoms with Crippen LogP contribution in [0.2, 0.25) is 0 Å². The number of benzene rings is 2. The summed E-state index contributed by atoms with van der Waals surface area (Å²) in [5.74, 6) is -0.952. The SMILES string of the molecule is CC(C)(CC(=O)N1C[C@@H]2CCC[C@]2(C(=O)O)C1)NC(=O)OCC1c2ccccc2-c2ccccc21. The Bertz CT molecular complexity index is 1130. The van der Waals surface area contributed by atoms with Crippen LogP contribution >= 0.6 is 0 Å². The Morgan fingerprint density at radius 2 is 1.71 bits per heavy atom. The van der Waals surface area contributed by atoms with E-state index < -0.39 is 23.0 Å². The Morgan fingerprint density at radius 1 is 1.09 bits per heavy atom. The number of fused-ring (bicyclic) bond motifs is 4. The van der Waals surface area contributed by atoms with Crippen molar-refractivity contribution in [2.75, 3.05) is 19.7 Å². The molecule has 1 saturated carbocycles. The molecule has 3 aliphatic rings. The van der Waals surface area contributed by atoms with E-state index in [1.54, 1.807) is 18.7 Å². The Labute approximate surface area is 205 Å². The molecular weight excluding hydrogens is 444 g/mol. The molecule has 7 nitrogen and oxygen atoms in total. The van der Waals surface area contributed by atoms with Gasteiger partial charge in [-0.3, -0.25) is 9.59 Å². The average molecular weight is 477 g/mol. The summed E-state index contributed by atoms with van der Waals surface area (Å²) in [6.07, 6.45) is 1.88. The summed E-state index contributed by atoms with van der Waals surface area (Å²) in [5.41, 5.74) is 2.98. The van der Waals surface area contributed by atoms with E-state index in [1.165, 1.54) is 0 Å². The minimum absolute atomic E-state index is 0.0159. The summed E-state index contributed by atoms with van der Waals surface area (Å²) in [5, 5.41) is 12.6. The van der Waals surface area contributed by atoms with E-state index in [0.29, 0.717) is 13.0 Å². The molecule has 0 radical (unpaired) electrons. The Hall–Kier alpha value is -3.35. The van der Waals surface area contributed by atoms with Crippen LogP contribution in [-0.4, -0.2) is 53.2 Å². The quantitative estimate of drug-likeness (QED) is 0.644. The summed E-state index contributed by atoms with van der Waals surface area (Å²) in [7, 11) is 0. The van der Waals surface area contributed by atoms with E-state index in [-0.39, 0.29) is 37.3 Å². The molecule has 2 N–H and O–H groups in total. The first-order valence-corrected chi connectivity index (χ1v) is 12.3. The highest BCUT2D eigenvalue weighted by atomic mass is 16.5. The maximum absolute atomic E-state index is 13.0. The number of nitrogens with zero attached hydrogens (tertiary/aromatic N) is 1. The second kappa shape index (κ2) is 8.70. The fourth-order valence-electron chi connectivity index (χ4n) is 6.27. The number of carboxylic acids is 1. The first kappa shape index (κ1) is 23.4. The highest BCUT2D eigenvalue weighted by Crippen LogP contribution is 2.49. The minimum atomic E-state index is -0.826. The predicted molar refractivity (Wildman–Crippen MR) is 131 cm³/mol. The number of alkyl carbamates (subject to hydrolysis) is 1. The van der Waals surface area contributed by atoms with Crippen molar-refractivity contribution >= 4 is 18.0 Å². The number of ether oxygens (including phenoxy) is 1. The minimum Gasteiger partial charge on any atom is -0.481 e. The second-order valence-corrected chi connectivity index (χ2v) is 10.8. The molecule has 2 fully saturated rings. The second-order valence-electron chi connectivity index (χ2n) is 10.8. The summed E-state index contributed by atoms with van der Waals surface area (Å²) < 4.78 is 5.64. The van der Waals surface area contributed by atoms with E-state index in [1.807, 2.05) is 24.3 Å². The van der Waals surface area contributed by atoms with Gasteiger partial charge in [-0.2, -0.15) is 0 Å². The van der Waals surface area contributed by atoms with Gasteiger partial charge in [0.2, 0.25) is 5.91 Å². The number of amides is 2. The number of nitrogens with one attached hydrogen (secondary N) is 1. The van der Waals surface area contributed by atoms with E-state index in [4.69, 9.17) is 4.74 Å². The molecule has 2 amide bonds. The zero-order valence-electron chi connectivity index (χ0n) is 20.3.